The molecule has 25 heavy (non-hydrogen) atoms. The monoisotopic (exact) mass is 481 g/mol. The molecule has 1 aromatic carbocycles. The molecule has 7 heteroatoms. The molecule has 2 N–H and O–H groups in total. The van der Waals surface area contributed by atoms with Gasteiger partial charge in [0.25, 0.3) is 0 Å². The van der Waals surface area contributed by atoms with E-state index in [-0.39, 0.29) is 24.0 Å². The summed E-state index contributed by atoms with van der Waals surface area (Å²) >= 11 is 0. The van der Waals surface area contributed by atoms with E-state index in [4.69, 9.17) is 0 Å². The van der Waals surface area contributed by atoms with Crippen LogP contribution in [0.15, 0.2) is 28.1 Å². The molecule has 0 aliphatic heterocycles. The van der Waals surface area contributed by atoms with Crippen LogP contribution in [-0.2, 0) is 16.4 Å². The minimum absolute atomic E-state index is 0. The number of sulfone groups is 1. The molecule has 0 fully saturated rings. The van der Waals surface area contributed by atoms with Crippen molar-refractivity contribution in [3.63, 3.8) is 0 Å². The van der Waals surface area contributed by atoms with E-state index in [2.05, 4.69) is 29.5 Å². The third-order valence-electron chi connectivity index (χ3n) is 3.65. The molecule has 0 amide bonds. The molecule has 0 aromatic heterocycles. The van der Waals surface area contributed by atoms with Crippen LogP contribution in [-0.4, -0.2) is 33.7 Å². The number of rotatable bonds is 8. The molecule has 0 atom stereocenters. The predicted octanol–water partition coefficient (Wildman–Crippen LogP) is 3.51. The summed E-state index contributed by atoms with van der Waals surface area (Å²) in [5, 5.41) is 6.57. The lowest BCUT2D eigenvalue weighted by molar-refractivity contribution is 0.549. The number of nitrogens with one attached hydrogen (secondary N) is 2. The lowest BCUT2D eigenvalue weighted by atomic mass is 10.1. The molecule has 0 unspecified atom stereocenters. The smallest absolute Gasteiger partial charge is 0.191 e. The van der Waals surface area contributed by atoms with Crippen molar-refractivity contribution in [3.05, 3.63) is 29.3 Å². The molecule has 0 heterocycles. The van der Waals surface area contributed by atoms with Crippen LogP contribution >= 0.6 is 24.0 Å². The van der Waals surface area contributed by atoms with Crippen molar-refractivity contribution < 1.29 is 8.42 Å². The van der Waals surface area contributed by atoms with Crippen LogP contribution in [0.25, 0.3) is 0 Å². The maximum absolute atomic E-state index is 11.7. The minimum Gasteiger partial charge on any atom is -0.357 e. The van der Waals surface area contributed by atoms with Gasteiger partial charge in [0.2, 0.25) is 0 Å². The van der Waals surface area contributed by atoms with Crippen molar-refractivity contribution in [2.75, 3.05) is 19.3 Å². The van der Waals surface area contributed by atoms with Crippen LogP contribution in [0.1, 0.15) is 44.7 Å². The van der Waals surface area contributed by atoms with Crippen LogP contribution < -0.4 is 10.6 Å². The molecule has 1 rings (SSSR count). The number of halogens is 1. The van der Waals surface area contributed by atoms with Gasteiger partial charge in [0.1, 0.15) is 0 Å². The Morgan fingerprint density at radius 2 is 1.92 bits per heavy atom. The number of benzene rings is 1. The van der Waals surface area contributed by atoms with E-state index < -0.39 is 9.84 Å². The van der Waals surface area contributed by atoms with E-state index in [0.717, 1.165) is 36.6 Å². The lowest BCUT2D eigenvalue weighted by Crippen LogP contribution is -2.37. The summed E-state index contributed by atoms with van der Waals surface area (Å²) in [7, 11) is -3.17. The molecule has 0 radical (unpaired) electrons. The van der Waals surface area contributed by atoms with Crippen molar-refractivity contribution in [1.29, 1.82) is 0 Å². The number of hydrogen-bond acceptors (Lipinski definition) is 3. The zero-order valence-electron chi connectivity index (χ0n) is 15.9. The SMILES string of the molecule is CCNC(=NCc1ccc(S(C)(=O)=O)c(C)c1)NCCCC(C)C.I. The highest BCUT2D eigenvalue weighted by Crippen LogP contribution is 2.17. The highest BCUT2D eigenvalue weighted by Gasteiger charge is 2.10. The Balaban J connectivity index is 0.00000576. The largest absolute Gasteiger partial charge is 0.357 e. The summed E-state index contributed by atoms with van der Waals surface area (Å²) in [5.41, 5.74) is 1.76. The van der Waals surface area contributed by atoms with Gasteiger partial charge in [-0.25, -0.2) is 13.4 Å². The molecule has 1 aromatic rings. The maximum Gasteiger partial charge on any atom is 0.191 e. The normalized spacial score (nSPS) is 12.0. The standard InChI is InChI=1S/C18H31N3O2S.HI/c1-6-19-18(20-11-7-8-14(2)3)21-13-16-9-10-17(15(4)12-16)24(5,22)23;/h9-10,12,14H,6-8,11,13H2,1-5H3,(H2,19,20,21);1H. The van der Waals surface area contributed by atoms with Gasteiger partial charge in [0.05, 0.1) is 11.4 Å². The second-order valence-electron chi connectivity index (χ2n) is 6.53. The predicted molar refractivity (Wildman–Crippen MR) is 117 cm³/mol. The van der Waals surface area contributed by atoms with Gasteiger partial charge in [-0.05, 0) is 49.8 Å². The van der Waals surface area contributed by atoms with Gasteiger partial charge in [-0.3, -0.25) is 0 Å². The van der Waals surface area contributed by atoms with Crippen LogP contribution in [0.3, 0.4) is 0 Å². The van der Waals surface area contributed by atoms with Crippen molar-refractivity contribution >= 4 is 39.8 Å². The third kappa shape index (κ3) is 9.44. The zero-order chi connectivity index (χ0) is 18.2. The number of aliphatic imine (C=N–C) groups is 1. The molecule has 0 saturated carbocycles. The molecule has 0 aliphatic carbocycles. The molecular weight excluding hydrogens is 449 g/mol. The molecule has 5 nitrogen and oxygen atoms in total. The summed E-state index contributed by atoms with van der Waals surface area (Å²) in [4.78, 5) is 4.96. The first-order valence-corrected chi connectivity index (χ1v) is 10.4. The van der Waals surface area contributed by atoms with Crippen LogP contribution in [0, 0.1) is 12.8 Å². The van der Waals surface area contributed by atoms with Crippen molar-refractivity contribution in [2.24, 2.45) is 10.9 Å². The van der Waals surface area contributed by atoms with Crippen molar-refractivity contribution in [1.82, 2.24) is 10.6 Å². The van der Waals surface area contributed by atoms with Crippen LogP contribution in [0.4, 0.5) is 0 Å². The third-order valence-corrected chi connectivity index (χ3v) is 4.91. The fourth-order valence-corrected chi connectivity index (χ4v) is 3.41. The molecule has 0 saturated heterocycles. The Kier molecular flexibility index (Phi) is 11.3. The fraction of sp³-hybridized carbons (Fsp3) is 0.611. The summed E-state index contributed by atoms with van der Waals surface area (Å²) < 4.78 is 23.3. The van der Waals surface area contributed by atoms with Crippen molar-refractivity contribution in [3.8, 4) is 0 Å². The van der Waals surface area contributed by atoms with Crippen LogP contribution in [0.5, 0.6) is 0 Å². The second kappa shape index (κ2) is 11.7. The first-order valence-electron chi connectivity index (χ1n) is 8.55. The summed E-state index contributed by atoms with van der Waals surface area (Å²) in [5.74, 6) is 1.51. The molecule has 144 valence electrons. The van der Waals surface area contributed by atoms with E-state index in [1.807, 2.05) is 26.0 Å². The van der Waals surface area contributed by atoms with Gasteiger partial charge in [-0.2, -0.15) is 0 Å². The minimum atomic E-state index is -3.17. The van der Waals surface area contributed by atoms with Gasteiger partial charge in [0.15, 0.2) is 15.8 Å². The number of nitrogens with zero attached hydrogens (tertiary/aromatic N) is 1. The van der Waals surface area contributed by atoms with E-state index in [0.29, 0.717) is 17.4 Å². The highest BCUT2D eigenvalue weighted by molar-refractivity contribution is 14.0. The van der Waals surface area contributed by atoms with Gasteiger partial charge < -0.3 is 10.6 Å². The Morgan fingerprint density at radius 3 is 2.44 bits per heavy atom. The first-order chi connectivity index (χ1) is 11.2. The average Bonchev–Trinajstić information content (AvgIpc) is 2.47. The van der Waals surface area contributed by atoms with E-state index in [1.165, 1.54) is 12.7 Å². The fourth-order valence-electron chi connectivity index (χ4n) is 2.46. The van der Waals surface area contributed by atoms with Crippen LogP contribution in [0.2, 0.25) is 0 Å². The highest BCUT2D eigenvalue weighted by atomic mass is 127. The lowest BCUT2D eigenvalue weighted by Gasteiger charge is -2.12. The second-order valence-corrected chi connectivity index (χ2v) is 8.51. The molecule has 0 spiro atoms. The average molecular weight is 481 g/mol. The first kappa shape index (κ1) is 24.2. The summed E-state index contributed by atoms with van der Waals surface area (Å²) in [6.07, 6.45) is 3.54. The summed E-state index contributed by atoms with van der Waals surface area (Å²) in [6.45, 7) is 10.5. The summed E-state index contributed by atoms with van der Waals surface area (Å²) in [6, 6.07) is 5.38. The Bertz CT molecular complexity index is 658. The Labute approximate surface area is 170 Å². The number of hydrogen-bond donors (Lipinski definition) is 2. The Hall–Kier alpha value is -0.830. The van der Waals surface area contributed by atoms with Gasteiger partial charge in [-0.15, -0.1) is 24.0 Å². The van der Waals surface area contributed by atoms with Gasteiger partial charge >= 0.3 is 0 Å². The molecular formula is C18H32IN3O2S. The number of aryl methyl sites for hydroxylation is 1. The molecule has 0 aliphatic rings. The topological polar surface area (TPSA) is 70.6 Å². The quantitative estimate of drug-likeness (QED) is 0.258. The Morgan fingerprint density at radius 1 is 1.24 bits per heavy atom. The molecule has 0 bridgehead atoms. The van der Waals surface area contributed by atoms with Gasteiger partial charge in [0, 0.05) is 19.3 Å². The van der Waals surface area contributed by atoms with Gasteiger partial charge in [-0.1, -0.05) is 26.0 Å². The zero-order valence-corrected chi connectivity index (χ0v) is 19.1. The number of guanidine groups is 1. The van der Waals surface area contributed by atoms with Crippen molar-refractivity contribution in [2.45, 2.75) is 52.0 Å². The van der Waals surface area contributed by atoms with E-state index in [1.54, 1.807) is 6.07 Å². The maximum atomic E-state index is 11.7. The van der Waals surface area contributed by atoms with E-state index >= 15 is 0 Å². The van der Waals surface area contributed by atoms with E-state index in [9.17, 15) is 8.42 Å².